The highest BCUT2D eigenvalue weighted by atomic mass is 16.5. The van der Waals surface area contributed by atoms with Crippen molar-refractivity contribution in [2.75, 3.05) is 25.1 Å². The molecule has 6 heteroatoms. The smallest absolute Gasteiger partial charge is 0.411 e. The Morgan fingerprint density at radius 3 is 2.62 bits per heavy atom. The molecule has 0 aliphatic rings. The minimum Gasteiger partial charge on any atom is -0.450 e. The first-order valence-electron chi connectivity index (χ1n) is 8.62. The second-order valence-corrected chi connectivity index (χ2v) is 5.57. The molecule has 0 radical (unpaired) electrons. The molecule has 0 fully saturated rings. The summed E-state index contributed by atoms with van der Waals surface area (Å²) in [6, 6.07) is 16.7. The van der Waals surface area contributed by atoms with E-state index in [1.54, 1.807) is 31.2 Å². The van der Waals surface area contributed by atoms with Gasteiger partial charge in [-0.05, 0) is 37.1 Å². The van der Waals surface area contributed by atoms with Gasteiger partial charge >= 0.3 is 6.09 Å². The zero-order valence-corrected chi connectivity index (χ0v) is 14.9. The number of benzene rings is 2. The first-order valence-corrected chi connectivity index (χ1v) is 8.62. The summed E-state index contributed by atoms with van der Waals surface area (Å²) in [6.45, 7) is 3.67. The lowest BCUT2D eigenvalue weighted by molar-refractivity contribution is 0.0934. The maximum absolute atomic E-state index is 12.2. The van der Waals surface area contributed by atoms with Gasteiger partial charge in [0, 0.05) is 24.4 Å². The summed E-state index contributed by atoms with van der Waals surface area (Å²) in [6.07, 6.45) is 0.180. The van der Waals surface area contributed by atoms with Crippen LogP contribution in [0.4, 0.5) is 10.5 Å². The molecule has 0 saturated carbocycles. The third-order valence-corrected chi connectivity index (χ3v) is 3.51. The van der Waals surface area contributed by atoms with E-state index in [0.717, 1.165) is 12.0 Å². The number of rotatable bonds is 9. The molecular weight excluding hydrogens is 332 g/mol. The SMILES string of the molecule is CCOC(=O)Nc1cccc(C(=O)NCCCOCc2ccccc2)c1. The fourth-order valence-corrected chi connectivity index (χ4v) is 2.27. The predicted molar refractivity (Wildman–Crippen MR) is 100 cm³/mol. The summed E-state index contributed by atoms with van der Waals surface area (Å²) in [5.41, 5.74) is 2.12. The van der Waals surface area contributed by atoms with Crippen molar-refractivity contribution in [3.63, 3.8) is 0 Å². The molecular formula is C20H24N2O4. The quantitative estimate of drug-likeness (QED) is 0.673. The summed E-state index contributed by atoms with van der Waals surface area (Å²) in [7, 11) is 0. The first-order chi connectivity index (χ1) is 12.7. The second kappa shape index (κ2) is 10.9. The lowest BCUT2D eigenvalue weighted by Crippen LogP contribution is -2.25. The second-order valence-electron chi connectivity index (χ2n) is 5.57. The standard InChI is InChI=1S/C20H24N2O4/c1-2-26-20(24)22-18-11-6-10-17(14-18)19(23)21-12-7-13-25-15-16-8-4-3-5-9-16/h3-6,8-11,14H,2,7,12-13,15H2,1H3,(H,21,23)(H,22,24). The monoisotopic (exact) mass is 356 g/mol. The molecule has 0 atom stereocenters. The molecule has 0 aliphatic heterocycles. The van der Waals surface area contributed by atoms with E-state index in [9.17, 15) is 9.59 Å². The third kappa shape index (κ3) is 6.94. The van der Waals surface area contributed by atoms with Crippen LogP contribution < -0.4 is 10.6 Å². The third-order valence-electron chi connectivity index (χ3n) is 3.51. The van der Waals surface area contributed by atoms with Crippen LogP contribution in [-0.2, 0) is 16.1 Å². The number of hydrogen-bond donors (Lipinski definition) is 2. The molecule has 138 valence electrons. The molecule has 26 heavy (non-hydrogen) atoms. The molecule has 2 aromatic rings. The van der Waals surface area contributed by atoms with Crippen molar-refractivity contribution in [2.45, 2.75) is 20.0 Å². The van der Waals surface area contributed by atoms with Crippen molar-refractivity contribution in [3.8, 4) is 0 Å². The van der Waals surface area contributed by atoms with Gasteiger partial charge in [-0.15, -0.1) is 0 Å². The van der Waals surface area contributed by atoms with Gasteiger partial charge in [0.15, 0.2) is 0 Å². The van der Waals surface area contributed by atoms with Crippen LogP contribution in [0, 0.1) is 0 Å². The van der Waals surface area contributed by atoms with Gasteiger partial charge in [-0.2, -0.15) is 0 Å². The van der Waals surface area contributed by atoms with Gasteiger partial charge < -0.3 is 14.8 Å². The van der Waals surface area contributed by atoms with Crippen molar-refractivity contribution in [3.05, 3.63) is 65.7 Å². The van der Waals surface area contributed by atoms with Gasteiger partial charge in [0.1, 0.15) is 0 Å². The van der Waals surface area contributed by atoms with Gasteiger partial charge in [0.05, 0.1) is 13.2 Å². The fourth-order valence-electron chi connectivity index (χ4n) is 2.27. The number of carbonyl (C=O) groups excluding carboxylic acids is 2. The molecule has 2 N–H and O–H groups in total. The zero-order chi connectivity index (χ0) is 18.6. The predicted octanol–water partition coefficient (Wildman–Crippen LogP) is 3.59. The van der Waals surface area contributed by atoms with E-state index < -0.39 is 6.09 Å². The summed E-state index contributed by atoms with van der Waals surface area (Å²) in [4.78, 5) is 23.6. The minimum absolute atomic E-state index is 0.194. The van der Waals surface area contributed by atoms with Crippen LogP contribution in [-0.4, -0.2) is 31.8 Å². The summed E-state index contributed by atoms with van der Waals surface area (Å²) >= 11 is 0. The average molecular weight is 356 g/mol. The van der Waals surface area contributed by atoms with Crippen LogP contribution in [0.1, 0.15) is 29.3 Å². The van der Waals surface area contributed by atoms with Crippen LogP contribution in [0.15, 0.2) is 54.6 Å². The maximum atomic E-state index is 12.2. The topological polar surface area (TPSA) is 76.7 Å². The van der Waals surface area contributed by atoms with Gasteiger partial charge in [0.2, 0.25) is 0 Å². The summed E-state index contributed by atoms with van der Waals surface area (Å²) in [5.74, 6) is -0.194. The highest BCUT2D eigenvalue weighted by molar-refractivity contribution is 5.96. The summed E-state index contributed by atoms with van der Waals surface area (Å²) < 4.78 is 10.4. The highest BCUT2D eigenvalue weighted by Gasteiger charge is 2.07. The molecule has 2 rings (SSSR count). The summed E-state index contributed by atoms with van der Waals surface area (Å²) in [5, 5.41) is 5.42. The molecule has 0 unspecified atom stereocenters. The van der Waals surface area contributed by atoms with Crippen molar-refractivity contribution < 1.29 is 19.1 Å². The van der Waals surface area contributed by atoms with Crippen molar-refractivity contribution in [1.29, 1.82) is 0 Å². The molecule has 0 aromatic heterocycles. The lowest BCUT2D eigenvalue weighted by Gasteiger charge is -2.09. The Hall–Kier alpha value is -2.86. The molecule has 2 amide bonds. The van der Waals surface area contributed by atoms with Gasteiger partial charge in [-0.3, -0.25) is 10.1 Å². The van der Waals surface area contributed by atoms with Crippen LogP contribution >= 0.6 is 0 Å². The van der Waals surface area contributed by atoms with Crippen LogP contribution in [0.25, 0.3) is 0 Å². The number of nitrogens with one attached hydrogen (secondary N) is 2. The molecule has 0 aliphatic carbocycles. The largest absolute Gasteiger partial charge is 0.450 e. The van der Waals surface area contributed by atoms with Gasteiger partial charge in [-0.1, -0.05) is 36.4 Å². The van der Waals surface area contributed by atoms with Crippen molar-refractivity contribution in [1.82, 2.24) is 5.32 Å². The normalized spacial score (nSPS) is 10.2. The fraction of sp³-hybridized carbons (Fsp3) is 0.300. The van der Waals surface area contributed by atoms with E-state index in [0.29, 0.717) is 37.6 Å². The van der Waals surface area contributed by atoms with Crippen LogP contribution in [0.3, 0.4) is 0 Å². The Balaban J connectivity index is 1.68. The Labute approximate surface area is 153 Å². The molecule has 0 heterocycles. The minimum atomic E-state index is -0.541. The van der Waals surface area contributed by atoms with E-state index in [4.69, 9.17) is 9.47 Å². The van der Waals surface area contributed by atoms with E-state index in [2.05, 4.69) is 10.6 Å². The lowest BCUT2D eigenvalue weighted by atomic mass is 10.2. The van der Waals surface area contributed by atoms with Crippen LogP contribution in [0.5, 0.6) is 0 Å². The zero-order valence-electron chi connectivity index (χ0n) is 14.9. The Bertz CT molecular complexity index is 704. The van der Waals surface area contributed by atoms with Gasteiger partial charge in [0.25, 0.3) is 5.91 Å². The Morgan fingerprint density at radius 2 is 1.85 bits per heavy atom. The average Bonchev–Trinajstić information content (AvgIpc) is 2.65. The number of anilines is 1. The Morgan fingerprint density at radius 1 is 1.04 bits per heavy atom. The highest BCUT2D eigenvalue weighted by Crippen LogP contribution is 2.11. The molecule has 6 nitrogen and oxygen atoms in total. The first kappa shape index (κ1) is 19.5. The Kier molecular flexibility index (Phi) is 8.15. The molecule has 0 spiro atoms. The molecule has 0 bridgehead atoms. The van der Waals surface area contributed by atoms with E-state index in [-0.39, 0.29) is 5.91 Å². The maximum Gasteiger partial charge on any atom is 0.411 e. The van der Waals surface area contributed by atoms with Crippen molar-refractivity contribution in [2.24, 2.45) is 0 Å². The van der Waals surface area contributed by atoms with E-state index >= 15 is 0 Å². The number of amides is 2. The molecule has 2 aromatic carbocycles. The van der Waals surface area contributed by atoms with E-state index in [1.165, 1.54) is 0 Å². The van der Waals surface area contributed by atoms with E-state index in [1.807, 2.05) is 30.3 Å². The van der Waals surface area contributed by atoms with Crippen molar-refractivity contribution >= 4 is 17.7 Å². The molecule has 0 saturated heterocycles. The van der Waals surface area contributed by atoms with Crippen LogP contribution in [0.2, 0.25) is 0 Å². The number of carbonyl (C=O) groups is 2. The number of ether oxygens (including phenoxy) is 2. The number of hydrogen-bond acceptors (Lipinski definition) is 4. The van der Waals surface area contributed by atoms with Gasteiger partial charge in [-0.25, -0.2) is 4.79 Å².